The minimum atomic E-state index is -1.09. The largest absolute Gasteiger partial charge is 0.489 e. The zero-order valence-electron chi connectivity index (χ0n) is 16.7. The number of hydrogen-bond acceptors (Lipinski definition) is 5. The Morgan fingerprint density at radius 3 is 2.53 bits per heavy atom. The molecule has 3 rings (SSSR count). The van der Waals surface area contributed by atoms with Gasteiger partial charge in [-0.1, -0.05) is 47.6 Å². The highest BCUT2D eigenvalue weighted by molar-refractivity contribution is 5.94. The van der Waals surface area contributed by atoms with Crippen LogP contribution in [0.1, 0.15) is 23.8 Å². The molecule has 0 radical (unpaired) electrons. The maximum Gasteiger partial charge on any atom is 0.325 e. The van der Waals surface area contributed by atoms with E-state index in [1.807, 2.05) is 37.3 Å². The Balaban J connectivity index is 1.61. The van der Waals surface area contributed by atoms with Crippen LogP contribution < -0.4 is 10.1 Å². The molecule has 0 spiro atoms. The topological polar surface area (TPSA) is 102 Å². The highest BCUT2D eigenvalue weighted by Gasteiger charge is 2.15. The molecule has 2 aromatic carbocycles. The number of amides is 1. The summed E-state index contributed by atoms with van der Waals surface area (Å²) in [6.45, 7) is 3.56. The summed E-state index contributed by atoms with van der Waals surface area (Å²) < 4.78 is 11.2. The third-order valence-corrected chi connectivity index (χ3v) is 4.45. The number of carbonyl (C=O) groups excluding carboxylic acids is 1. The van der Waals surface area contributed by atoms with Crippen molar-refractivity contribution in [2.75, 3.05) is 0 Å². The van der Waals surface area contributed by atoms with Gasteiger partial charge in [0.25, 0.3) is 0 Å². The van der Waals surface area contributed by atoms with Crippen molar-refractivity contribution >= 4 is 18.0 Å². The molecule has 0 saturated heterocycles. The molecule has 1 aromatic heterocycles. The summed E-state index contributed by atoms with van der Waals surface area (Å²) in [5.74, 6) is -0.191. The van der Waals surface area contributed by atoms with Crippen molar-refractivity contribution in [3.8, 4) is 17.0 Å². The third-order valence-electron chi connectivity index (χ3n) is 4.45. The maximum absolute atomic E-state index is 11.7. The number of rotatable bonds is 8. The molecule has 0 bridgehead atoms. The van der Waals surface area contributed by atoms with Gasteiger partial charge in [-0.2, -0.15) is 0 Å². The number of aryl methyl sites for hydroxylation is 1. The van der Waals surface area contributed by atoms with E-state index in [4.69, 9.17) is 14.4 Å². The fourth-order valence-electron chi connectivity index (χ4n) is 2.71. The average molecular weight is 406 g/mol. The standard InChI is InChI=1S/C23H22N2O5/c1-15(23(27)28)24-21(26)13-10-17-8-11-19(12-9-17)29-14-20-16(2)30-25-22(20)18-6-4-3-5-7-18/h3-13,15H,14H2,1-2H3,(H,24,26)(H,27,28)/b13-10+/t15-/m0/s1. The maximum atomic E-state index is 11.7. The molecule has 30 heavy (non-hydrogen) atoms. The summed E-state index contributed by atoms with van der Waals surface area (Å²) in [4.78, 5) is 22.5. The number of hydrogen-bond donors (Lipinski definition) is 2. The lowest BCUT2D eigenvalue weighted by molar-refractivity contribution is -0.140. The van der Waals surface area contributed by atoms with Gasteiger partial charge < -0.3 is 19.7 Å². The zero-order valence-corrected chi connectivity index (χ0v) is 16.7. The Kier molecular flexibility index (Phi) is 6.64. The van der Waals surface area contributed by atoms with Crippen molar-refractivity contribution in [2.45, 2.75) is 26.5 Å². The van der Waals surface area contributed by atoms with Gasteiger partial charge in [0.1, 0.15) is 29.9 Å². The van der Waals surface area contributed by atoms with E-state index in [1.54, 1.807) is 30.3 Å². The third kappa shape index (κ3) is 5.35. The van der Waals surface area contributed by atoms with Gasteiger partial charge in [0.2, 0.25) is 5.91 Å². The second-order valence-corrected chi connectivity index (χ2v) is 6.69. The van der Waals surface area contributed by atoms with Crippen LogP contribution >= 0.6 is 0 Å². The smallest absolute Gasteiger partial charge is 0.325 e. The van der Waals surface area contributed by atoms with Gasteiger partial charge in [0.05, 0.1) is 5.56 Å². The molecule has 0 fully saturated rings. The van der Waals surface area contributed by atoms with Crippen LogP contribution in [-0.4, -0.2) is 28.2 Å². The number of carboxylic acids is 1. The number of aliphatic carboxylic acids is 1. The fraction of sp³-hybridized carbons (Fsp3) is 0.174. The second kappa shape index (κ2) is 9.56. The van der Waals surface area contributed by atoms with E-state index in [0.717, 1.165) is 22.4 Å². The van der Waals surface area contributed by atoms with E-state index in [2.05, 4.69) is 10.5 Å². The van der Waals surface area contributed by atoms with Crippen molar-refractivity contribution in [1.82, 2.24) is 10.5 Å². The minimum Gasteiger partial charge on any atom is -0.489 e. The van der Waals surface area contributed by atoms with E-state index >= 15 is 0 Å². The van der Waals surface area contributed by atoms with Crippen LogP contribution in [0.25, 0.3) is 17.3 Å². The van der Waals surface area contributed by atoms with Crippen LogP contribution in [-0.2, 0) is 16.2 Å². The predicted molar refractivity (Wildman–Crippen MR) is 112 cm³/mol. The molecular formula is C23H22N2O5. The second-order valence-electron chi connectivity index (χ2n) is 6.69. The van der Waals surface area contributed by atoms with Crippen molar-refractivity contribution < 1.29 is 24.0 Å². The summed E-state index contributed by atoms with van der Waals surface area (Å²) in [6, 6.07) is 16.0. The fourth-order valence-corrected chi connectivity index (χ4v) is 2.71. The zero-order chi connectivity index (χ0) is 21.5. The Hall–Kier alpha value is -3.87. The van der Waals surface area contributed by atoms with Gasteiger partial charge in [-0.25, -0.2) is 0 Å². The van der Waals surface area contributed by atoms with Gasteiger partial charge in [0.15, 0.2) is 0 Å². The molecule has 1 heterocycles. The Morgan fingerprint density at radius 2 is 1.87 bits per heavy atom. The highest BCUT2D eigenvalue weighted by Crippen LogP contribution is 2.26. The van der Waals surface area contributed by atoms with Crippen LogP contribution in [0, 0.1) is 6.92 Å². The lowest BCUT2D eigenvalue weighted by Crippen LogP contribution is -2.37. The van der Waals surface area contributed by atoms with E-state index in [1.165, 1.54) is 13.0 Å². The summed E-state index contributed by atoms with van der Waals surface area (Å²) in [7, 11) is 0. The molecular weight excluding hydrogens is 384 g/mol. The first-order chi connectivity index (χ1) is 14.4. The molecule has 3 aromatic rings. The normalized spacial score (nSPS) is 11.9. The summed E-state index contributed by atoms with van der Waals surface area (Å²) >= 11 is 0. The molecule has 154 valence electrons. The van der Waals surface area contributed by atoms with Crippen molar-refractivity contribution in [3.05, 3.63) is 77.6 Å². The predicted octanol–water partition coefficient (Wildman–Crippen LogP) is 3.83. The van der Waals surface area contributed by atoms with Crippen molar-refractivity contribution in [1.29, 1.82) is 0 Å². The number of nitrogens with one attached hydrogen (secondary N) is 1. The quantitative estimate of drug-likeness (QED) is 0.551. The number of ether oxygens (including phenoxy) is 1. The lowest BCUT2D eigenvalue weighted by atomic mass is 10.1. The Morgan fingerprint density at radius 1 is 1.17 bits per heavy atom. The average Bonchev–Trinajstić information content (AvgIpc) is 3.12. The molecule has 7 heteroatoms. The van der Waals surface area contributed by atoms with Gasteiger partial charge in [-0.3, -0.25) is 9.59 Å². The molecule has 2 N–H and O–H groups in total. The SMILES string of the molecule is Cc1onc(-c2ccccc2)c1COc1ccc(/C=C/C(=O)N[C@@H](C)C(=O)O)cc1. The van der Waals surface area contributed by atoms with Crippen LogP contribution in [0.5, 0.6) is 5.75 Å². The van der Waals surface area contributed by atoms with Crippen LogP contribution in [0.3, 0.4) is 0 Å². The number of benzene rings is 2. The molecule has 0 unspecified atom stereocenters. The highest BCUT2D eigenvalue weighted by atomic mass is 16.5. The monoisotopic (exact) mass is 406 g/mol. The number of carbonyl (C=O) groups is 2. The number of carboxylic acid groups (broad SMARTS) is 1. The molecule has 1 amide bonds. The van der Waals surface area contributed by atoms with E-state index in [-0.39, 0.29) is 0 Å². The van der Waals surface area contributed by atoms with Gasteiger partial charge >= 0.3 is 5.97 Å². The molecule has 0 saturated carbocycles. The van der Waals surface area contributed by atoms with Gasteiger partial charge in [-0.05, 0) is 37.6 Å². The van der Waals surface area contributed by atoms with E-state index < -0.39 is 17.9 Å². The molecule has 0 aliphatic rings. The van der Waals surface area contributed by atoms with Gasteiger partial charge in [0, 0.05) is 11.6 Å². The van der Waals surface area contributed by atoms with E-state index in [0.29, 0.717) is 18.1 Å². The van der Waals surface area contributed by atoms with Crippen molar-refractivity contribution in [2.24, 2.45) is 0 Å². The first-order valence-electron chi connectivity index (χ1n) is 9.39. The van der Waals surface area contributed by atoms with E-state index in [9.17, 15) is 9.59 Å². The Labute approximate surface area is 174 Å². The molecule has 0 aliphatic carbocycles. The molecule has 7 nitrogen and oxygen atoms in total. The summed E-state index contributed by atoms with van der Waals surface area (Å²) in [5, 5.41) is 15.3. The number of nitrogens with zero attached hydrogens (tertiary/aromatic N) is 1. The van der Waals surface area contributed by atoms with Crippen LogP contribution in [0.2, 0.25) is 0 Å². The summed E-state index contributed by atoms with van der Waals surface area (Å²) in [5.41, 5.74) is 3.39. The first kappa shape index (κ1) is 20.9. The van der Waals surface area contributed by atoms with Crippen molar-refractivity contribution in [3.63, 3.8) is 0 Å². The summed E-state index contributed by atoms with van der Waals surface area (Å²) in [6.07, 6.45) is 2.90. The van der Waals surface area contributed by atoms with Gasteiger partial charge in [-0.15, -0.1) is 0 Å². The van der Waals surface area contributed by atoms with Crippen LogP contribution in [0.4, 0.5) is 0 Å². The first-order valence-corrected chi connectivity index (χ1v) is 9.39. The molecule has 0 aliphatic heterocycles. The van der Waals surface area contributed by atoms with Crippen LogP contribution in [0.15, 0.2) is 65.2 Å². The lowest BCUT2D eigenvalue weighted by Gasteiger charge is -2.07. The Bertz CT molecular complexity index is 1040. The minimum absolute atomic E-state index is 0.310. The number of aromatic nitrogens is 1. The molecule has 1 atom stereocenters.